The highest BCUT2D eigenvalue weighted by atomic mass is 16.5. The summed E-state index contributed by atoms with van der Waals surface area (Å²) < 4.78 is 5.24. The van der Waals surface area contributed by atoms with E-state index in [1.54, 1.807) is 7.11 Å². The van der Waals surface area contributed by atoms with Crippen LogP contribution in [0.4, 0.5) is 0 Å². The Hall–Kier alpha value is -1.22. The van der Waals surface area contributed by atoms with Crippen LogP contribution in [0.25, 0.3) is 0 Å². The van der Waals surface area contributed by atoms with Gasteiger partial charge in [0.15, 0.2) is 11.5 Å². The van der Waals surface area contributed by atoms with Crippen LogP contribution in [-0.2, 0) is 5.41 Å². The minimum Gasteiger partial charge on any atom is -0.504 e. The SMILES string of the molecule is COc1cc(C)c(C)c(C2(CN)CCC2)c1O. The van der Waals surface area contributed by atoms with Crippen molar-refractivity contribution >= 4 is 0 Å². The summed E-state index contributed by atoms with van der Waals surface area (Å²) in [5.74, 6) is 0.837. The van der Waals surface area contributed by atoms with Crippen LogP contribution in [0.1, 0.15) is 36.0 Å². The minimum absolute atomic E-state index is 0.0343. The first-order valence-corrected chi connectivity index (χ1v) is 6.13. The number of nitrogens with two attached hydrogens (primary N) is 1. The van der Waals surface area contributed by atoms with Crippen LogP contribution in [0.5, 0.6) is 11.5 Å². The van der Waals surface area contributed by atoms with Gasteiger partial charge in [-0.05, 0) is 43.9 Å². The van der Waals surface area contributed by atoms with Gasteiger partial charge in [-0.25, -0.2) is 0 Å². The molecule has 0 aliphatic heterocycles. The molecule has 3 heteroatoms. The van der Waals surface area contributed by atoms with Crippen LogP contribution in [0.15, 0.2) is 6.07 Å². The Kier molecular flexibility index (Phi) is 3.04. The number of aromatic hydroxyl groups is 1. The zero-order valence-corrected chi connectivity index (χ0v) is 10.8. The largest absolute Gasteiger partial charge is 0.504 e. The average Bonchev–Trinajstić information content (AvgIpc) is 2.27. The molecule has 0 heterocycles. The molecular weight excluding hydrogens is 214 g/mol. The molecule has 0 aromatic heterocycles. The summed E-state index contributed by atoms with van der Waals surface area (Å²) in [4.78, 5) is 0. The summed E-state index contributed by atoms with van der Waals surface area (Å²) in [6, 6.07) is 1.89. The quantitative estimate of drug-likeness (QED) is 0.845. The topological polar surface area (TPSA) is 55.5 Å². The molecule has 94 valence electrons. The first-order valence-electron chi connectivity index (χ1n) is 6.13. The fourth-order valence-corrected chi connectivity index (χ4v) is 2.84. The number of hydrogen-bond donors (Lipinski definition) is 2. The van der Waals surface area contributed by atoms with Gasteiger partial charge in [0.1, 0.15) is 0 Å². The second-order valence-electron chi connectivity index (χ2n) is 5.08. The third kappa shape index (κ3) is 1.69. The molecule has 1 aliphatic carbocycles. The molecule has 0 saturated heterocycles. The summed E-state index contributed by atoms with van der Waals surface area (Å²) in [6.07, 6.45) is 3.31. The molecular formula is C14H21NO2. The van der Waals surface area contributed by atoms with E-state index in [4.69, 9.17) is 10.5 Å². The molecule has 3 N–H and O–H groups in total. The van der Waals surface area contributed by atoms with Crippen LogP contribution in [0, 0.1) is 13.8 Å². The second kappa shape index (κ2) is 4.22. The first-order chi connectivity index (χ1) is 8.05. The number of methoxy groups -OCH3 is 1. The van der Waals surface area contributed by atoms with Crippen LogP contribution in [0.2, 0.25) is 0 Å². The van der Waals surface area contributed by atoms with Crippen molar-refractivity contribution in [3.8, 4) is 11.5 Å². The summed E-state index contributed by atoms with van der Waals surface area (Å²) in [5.41, 5.74) is 9.19. The van der Waals surface area contributed by atoms with Crippen molar-refractivity contribution in [1.82, 2.24) is 0 Å². The molecule has 2 rings (SSSR count). The van der Waals surface area contributed by atoms with E-state index >= 15 is 0 Å². The van der Waals surface area contributed by atoms with Crippen molar-refractivity contribution in [1.29, 1.82) is 0 Å². The molecule has 0 bridgehead atoms. The smallest absolute Gasteiger partial charge is 0.161 e. The molecule has 1 aromatic carbocycles. The van der Waals surface area contributed by atoms with Gasteiger partial charge >= 0.3 is 0 Å². The lowest BCUT2D eigenvalue weighted by atomic mass is 9.63. The van der Waals surface area contributed by atoms with E-state index in [1.807, 2.05) is 13.0 Å². The monoisotopic (exact) mass is 235 g/mol. The lowest BCUT2D eigenvalue weighted by Gasteiger charge is -2.43. The van der Waals surface area contributed by atoms with E-state index in [0.717, 1.165) is 29.5 Å². The van der Waals surface area contributed by atoms with Crippen LogP contribution in [-0.4, -0.2) is 18.8 Å². The highest BCUT2D eigenvalue weighted by Gasteiger charge is 2.41. The van der Waals surface area contributed by atoms with E-state index < -0.39 is 0 Å². The molecule has 3 nitrogen and oxygen atoms in total. The third-order valence-corrected chi connectivity index (χ3v) is 4.24. The Morgan fingerprint density at radius 3 is 2.47 bits per heavy atom. The van der Waals surface area contributed by atoms with Crippen molar-refractivity contribution in [2.24, 2.45) is 5.73 Å². The van der Waals surface area contributed by atoms with Gasteiger partial charge in [0, 0.05) is 17.5 Å². The molecule has 1 aromatic rings. The molecule has 17 heavy (non-hydrogen) atoms. The van der Waals surface area contributed by atoms with E-state index in [0.29, 0.717) is 12.3 Å². The maximum absolute atomic E-state index is 10.3. The Morgan fingerprint density at radius 1 is 1.41 bits per heavy atom. The second-order valence-corrected chi connectivity index (χ2v) is 5.08. The molecule has 0 radical (unpaired) electrons. The minimum atomic E-state index is -0.0343. The Bertz CT molecular complexity index is 431. The van der Waals surface area contributed by atoms with Crippen molar-refractivity contribution < 1.29 is 9.84 Å². The van der Waals surface area contributed by atoms with E-state index in [2.05, 4.69) is 6.92 Å². The molecule has 1 aliphatic rings. The maximum atomic E-state index is 10.3. The maximum Gasteiger partial charge on any atom is 0.161 e. The average molecular weight is 235 g/mol. The Balaban J connectivity index is 2.63. The number of rotatable bonds is 3. The molecule has 0 unspecified atom stereocenters. The van der Waals surface area contributed by atoms with Gasteiger partial charge in [-0.2, -0.15) is 0 Å². The number of hydrogen-bond acceptors (Lipinski definition) is 3. The number of benzene rings is 1. The molecule has 0 atom stereocenters. The predicted octanol–water partition coefficient (Wildman–Crippen LogP) is 2.40. The zero-order chi connectivity index (χ0) is 12.6. The van der Waals surface area contributed by atoms with Crippen molar-refractivity contribution in [2.75, 3.05) is 13.7 Å². The standard InChI is InChI=1S/C14H21NO2/c1-9-7-11(17-3)13(16)12(10(9)2)14(8-15)5-4-6-14/h7,16H,4-6,8,15H2,1-3H3. The van der Waals surface area contributed by atoms with Gasteiger partial charge in [-0.3, -0.25) is 0 Å². The van der Waals surface area contributed by atoms with Crippen LogP contribution in [0.3, 0.4) is 0 Å². The van der Waals surface area contributed by atoms with Crippen molar-refractivity contribution in [2.45, 2.75) is 38.5 Å². The van der Waals surface area contributed by atoms with Gasteiger partial charge in [-0.1, -0.05) is 6.42 Å². The number of ether oxygens (including phenoxy) is 1. The van der Waals surface area contributed by atoms with Gasteiger partial charge < -0.3 is 15.6 Å². The van der Waals surface area contributed by atoms with Gasteiger partial charge in [0.25, 0.3) is 0 Å². The van der Waals surface area contributed by atoms with Gasteiger partial charge in [0.05, 0.1) is 7.11 Å². The highest BCUT2D eigenvalue weighted by molar-refractivity contribution is 5.57. The van der Waals surface area contributed by atoms with Crippen LogP contribution < -0.4 is 10.5 Å². The first kappa shape index (κ1) is 12.2. The number of phenolic OH excluding ortho intramolecular Hbond substituents is 1. The lowest BCUT2D eigenvalue weighted by Crippen LogP contribution is -2.42. The fraction of sp³-hybridized carbons (Fsp3) is 0.571. The lowest BCUT2D eigenvalue weighted by molar-refractivity contribution is 0.240. The van der Waals surface area contributed by atoms with E-state index in [9.17, 15) is 5.11 Å². The highest BCUT2D eigenvalue weighted by Crippen LogP contribution is 2.50. The summed E-state index contributed by atoms with van der Waals surface area (Å²) in [5, 5.41) is 10.3. The normalized spacial score (nSPS) is 17.6. The summed E-state index contributed by atoms with van der Waals surface area (Å²) in [7, 11) is 1.59. The van der Waals surface area contributed by atoms with Crippen molar-refractivity contribution in [3.63, 3.8) is 0 Å². The number of aryl methyl sites for hydroxylation is 1. The molecule has 1 saturated carbocycles. The van der Waals surface area contributed by atoms with Crippen molar-refractivity contribution in [3.05, 3.63) is 22.8 Å². The Labute approximate surface area is 103 Å². The van der Waals surface area contributed by atoms with Gasteiger partial charge in [0.2, 0.25) is 0 Å². The van der Waals surface area contributed by atoms with E-state index in [1.165, 1.54) is 6.42 Å². The van der Waals surface area contributed by atoms with Crippen LogP contribution >= 0.6 is 0 Å². The third-order valence-electron chi connectivity index (χ3n) is 4.24. The Morgan fingerprint density at radius 2 is 2.06 bits per heavy atom. The number of phenols is 1. The fourth-order valence-electron chi connectivity index (χ4n) is 2.84. The summed E-state index contributed by atoms with van der Waals surface area (Å²) >= 11 is 0. The van der Waals surface area contributed by atoms with Gasteiger partial charge in [-0.15, -0.1) is 0 Å². The van der Waals surface area contributed by atoms with E-state index in [-0.39, 0.29) is 11.2 Å². The molecule has 0 amide bonds. The molecule has 0 spiro atoms. The summed E-state index contributed by atoms with van der Waals surface area (Å²) in [6.45, 7) is 4.69. The molecule has 1 fully saturated rings. The zero-order valence-electron chi connectivity index (χ0n) is 10.8. The predicted molar refractivity (Wildman–Crippen MR) is 68.7 cm³/mol.